The van der Waals surface area contributed by atoms with Gasteiger partial charge in [-0.25, -0.2) is 0 Å². The van der Waals surface area contributed by atoms with Crippen LogP contribution >= 0.6 is 0 Å². The van der Waals surface area contributed by atoms with Crippen molar-refractivity contribution in [1.82, 2.24) is 10.2 Å². The van der Waals surface area contributed by atoms with Crippen molar-refractivity contribution in [2.45, 2.75) is 59.5 Å². The van der Waals surface area contributed by atoms with Gasteiger partial charge in [0.05, 0.1) is 0 Å². The molecule has 0 aromatic rings. The fraction of sp³-hybridized carbons (Fsp3) is 1.00. The molecule has 92 valence electrons. The van der Waals surface area contributed by atoms with Gasteiger partial charge in [-0.2, -0.15) is 0 Å². The standard InChI is InChI=1S/C13H30N2/c1-7-9-14-10-11(3)13(5)15(6)12(4)8-2/h11-14H,7-10H2,1-6H3. The van der Waals surface area contributed by atoms with E-state index in [9.17, 15) is 0 Å². The molecule has 0 aliphatic rings. The molecule has 2 heteroatoms. The summed E-state index contributed by atoms with van der Waals surface area (Å²) in [6, 6.07) is 1.35. The van der Waals surface area contributed by atoms with Gasteiger partial charge in [-0.05, 0) is 52.7 Å². The lowest BCUT2D eigenvalue weighted by atomic mass is 10.0. The van der Waals surface area contributed by atoms with E-state index in [2.05, 4.69) is 51.9 Å². The van der Waals surface area contributed by atoms with Crippen molar-refractivity contribution in [2.24, 2.45) is 5.92 Å². The van der Waals surface area contributed by atoms with E-state index in [1.807, 2.05) is 0 Å². The van der Waals surface area contributed by atoms with E-state index in [1.54, 1.807) is 0 Å². The predicted molar refractivity (Wildman–Crippen MR) is 69.3 cm³/mol. The first-order chi connectivity index (χ1) is 7.04. The first-order valence-corrected chi connectivity index (χ1v) is 6.47. The Morgan fingerprint density at radius 1 is 1.13 bits per heavy atom. The van der Waals surface area contributed by atoms with E-state index >= 15 is 0 Å². The molecule has 0 aromatic heterocycles. The quantitative estimate of drug-likeness (QED) is 0.625. The molecule has 0 rings (SSSR count). The maximum atomic E-state index is 3.50. The second-order valence-electron chi connectivity index (χ2n) is 4.84. The van der Waals surface area contributed by atoms with E-state index in [0.717, 1.165) is 19.0 Å². The number of hydrogen-bond acceptors (Lipinski definition) is 2. The predicted octanol–water partition coefficient (Wildman–Crippen LogP) is 2.74. The summed E-state index contributed by atoms with van der Waals surface area (Å²) in [4.78, 5) is 2.50. The van der Waals surface area contributed by atoms with E-state index < -0.39 is 0 Å². The van der Waals surface area contributed by atoms with Gasteiger partial charge in [-0.15, -0.1) is 0 Å². The molecule has 3 atom stereocenters. The highest BCUT2D eigenvalue weighted by atomic mass is 15.2. The molecule has 1 N–H and O–H groups in total. The van der Waals surface area contributed by atoms with Crippen LogP contribution < -0.4 is 5.32 Å². The number of hydrogen-bond donors (Lipinski definition) is 1. The SMILES string of the molecule is CCCNCC(C)C(C)N(C)C(C)CC. The summed E-state index contributed by atoms with van der Waals surface area (Å²) in [6.07, 6.45) is 2.46. The summed E-state index contributed by atoms with van der Waals surface area (Å²) in [5.41, 5.74) is 0. The number of nitrogens with zero attached hydrogens (tertiary/aromatic N) is 1. The molecule has 3 unspecified atom stereocenters. The zero-order chi connectivity index (χ0) is 11.8. The molecular weight excluding hydrogens is 184 g/mol. The third-order valence-corrected chi connectivity index (χ3v) is 3.65. The van der Waals surface area contributed by atoms with Crippen LogP contribution in [0.3, 0.4) is 0 Å². The van der Waals surface area contributed by atoms with Gasteiger partial charge in [0.1, 0.15) is 0 Å². The van der Waals surface area contributed by atoms with Crippen LogP contribution in [0.15, 0.2) is 0 Å². The highest BCUT2D eigenvalue weighted by molar-refractivity contribution is 4.75. The molecular formula is C13H30N2. The van der Waals surface area contributed by atoms with Gasteiger partial charge in [0, 0.05) is 12.1 Å². The Bertz CT molecular complexity index is 147. The molecule has 0 heterocycles. The lowest BCUT2D eigenvalue weighted by molar-refractivity contribution is 0.146. The number of rotatable bonds is 8. The molecule has 0 saturated carbocycles. The summed E-state index contributed by atoms with van der Waals surface area (Å²) >= 11 is 0. The summed E-state index contributed by atoms with van der Waals surface area (Å²) in [5, 5.41) is 3.50. The minimum Gasteiger partial charge on any atom is -0.316 e. The van der Waals surface area contributed by atoms with Crippen molar-refractivity contribution >= 4 is 0 Å². The minimum atomic E-state index is 0.657. The van der Waals surface area contributed by atoms with Crippen LogP contribution in [0.1, 0.15) is 47.5 Å². The third-order valence-electron chi connectivity index (χ3n) is 3.65. The van der Waals surface area contributed by atoms with Crippen molar-refractivity contribution in [2.75, 3.05) is 20.1 Å². The second kappa shape index (κ2) is 8.12. The Labute approximate surface area is 96.4 Å². The van der Waals surface area contributed by atoms with E-state index in [0.29, 0.717) is 12.1 Å². The van der Waals surface area contributed by atoms with Crippen LogP contribution in [0.5, 0.6) is 0 Å². The van der Waals surface area contributed by atoms with Crippen molar-refractivity contribution in [3.05, 3.63) is 0 Å². The monoisotopic (exact) mass is 214 g/mol. The van der Waals surface area contributed by atoms with Gasteiger partial charge in [0.2, 0.25) is 0 Å². The molecule has 0 aliphatic heterocycles. The fourth-order valence-corrected chi connectivity index (χ4v) is 1.77. The van der Waals surface area contributed by atoms with E-state index in [1.165, 1.54) is 12.8 Å². The molecule has 2 nitrogen and oxygen atoms in total. The van der Waals surface area contributed by atoms with Gasteiger partial charge in [0.25, 0.3) is 0 Å². The Balaban J connectivity index is 3.90. The van der Waals surface area contributed by atoms with Crippen LogP contribution in [-0.2, 0) is 0 Å². The Kier molecular flexibility index (Phi) is 8.07. The van der Waals surface area contributed by atoms with Crippen LogP contribution in [0, 0.1) is 5.92 Å². The summed E-state index contributed by atoms with van der Waals surface area (Å²) in [6.45, 7) is 13.7. The Morgan fingerprint density at radius 2 is 1.73 bits per heavy atom. The molecule has 0 radical (unpaired) electrons. The lowest BCUT2D eigenvalue weighted by Crippen LogP contribution is -2.43. The van der Waals surface area contributed by atoms with Crippen LogP contribution in [0.25, 0.3) is 0 Å². The van der Waals surface area contributed by atoms with Crippen molar-refractivity contribution in [1.29, 1.82) is 0 Å². The van der Waals surface area contributed by atoms with E-state index in [4.69, 9.17) is 0 Å². The van der Waals surface area contributed by atoms with Gasteiger partial charge < -0.3 is 10.2 Å². The topological polar surface area (TPSA) is 15.3 Å². The molecule has 0 aliphatic carbocycles. The normalized spacial score (nSPS) is 17.8. The zero-order valence-corrected chi connectivity index (χ0v) is 11.5. The van der Waals surface area contributed by atoms with E-state index in [-0.39, 0.29) is 0 Å². The average Bonchev–Trinajstić information content (AvgIpc) is 2.26. The largest absolute Gasteiger partial charge is 0.316 e. The summed E-state index contributed by atoms with van der Waals surface area (Å²) < 4.78 is 0. The van der Waals surface area contributed by atoms with Gasteiger partial charge in [-0.1, -0.05) is 20.8 Å². The van der Waals surface area contributed by atoms with Gasteiger partial charge in [-0.3, -0.25) is 0 Å². The molecule has 0 saturated heterocycles. The average molecular weight is 214 g/mol. The fourth-order valence-electron chi connectivity index (χ4n) is 1.77. The molecule has 0 spiro atoms. The maximum absolute atomic E-state index is 3.50. The molecule has 0 aromatic carbocycles. The first kappa shape index (κ1) is 14.9. The van der Waals surface area contributed by atoms with Crippen molar-refractivity contribution in [3.8, 4) is 0 Å². The highest BCUT2D eigenvalue weighted by Gasteiger charge is 2.19. The minimum absolute atomic E-state index is 0.657. The lowest BCUT2D eigenvalue weighted by Gasteiger charge is -2.34. The number of nitrogens with one attached hydrogen (secondary N) is 1. The van der Waals surface area contributed by atoms with Gasteiger partial charge in [0.15, 0.2) is 0 Å². The summed E-state index contributed by atoms with van der Waals surface area (Å²) in [7, 11) is 2.25. The molecule has 15 heavy (non-hydrogen) atoms. The molecule has 0 fully saturated rings. The second-order valence-corrected chi connectivity index (χ2v) is 4.84. The highest BCUT2D eigenvalue weighted by Crippen LogP contribution is 2.13. The van der Waals surface area contributed by atoms with Gasteiger partial charge >= 0.3 is 0 Å². The maximum Gasteiger partial charge on any atom is 0.0104 e. The Morgan fingerprint density at radius 3 is 2.20 bits per heavy atom. The third kappa shape index (κ3) is 5.53. The molecule has 0 amide bonds. The summed E-state index contributed by atoms with van der Waals surface area (Å²) in [5.74, 6) is 0.718. The van der Waals surface area contributed by atoms with Crippen LogP contribution in [0.2, 0.25) is 0 Å². The molecule has 0 bridgehead atoms. The van der Waals surface area contributed by atoms with Crippen molar-refractivity contribution < 1.29 is 0 Å². The van der Waals surface area contributed by atoms with Crippen LogP contribution in [-0.4, -0.2) is 37.1 Å². The van der Waals surface area contributed by atoms with Crippen molar-refractivity contribution in [3.63, 3.8) is 0 Å². The Hall–Kier alpha value is -0.0800. The smallest absolute Gasteiger partial charge is 0.0104 e. The first-order valence-electron chi connectivity index (χ1n) is 6.47. The zero-order valence-electron chi connectivity index (χ0n) is 11.5. The van der Waals surface area contributed by atoms with Crippen LogP contribution in [0.4, 0.5) is 0 Å².